The van der Waals surface area contributed by atoms with Crippen LogP contribution in [0.3, 0.4) is 0 Å². The van der Waals surface area contributed by atoms with Gasteiger partial charge in [0.25, 0.3) is 0 Å². The monoisotopic (exact) mass is 483 g/mol. The highest BCUT2D eigenvalue weighted by molar-refractivity contribution is 6.36. The number of amides is 4. The van der Waals surface area contributed by atoms with Crippen molar-refractivity contribution in [1.82, 2.24) is 10.2 Å². The lowest BCUT2D eigenvalue weighted by Gasteiger charge is -2.38. The van der Waals surface area contributed by atoms with Crippen molar-refractivity contribution in [3.8, 4) is 0 Å². The number of benzene rings is 2. The lowest BCUT2D eigenvalue weighted by atomic mass is 9.63. The molecule has 6 nitrogen and oxygen atoms in total. The standard InChI is InChI=1S/C25H23Cl2N3O3/c26-17-10-11-19(18(27)13-17)28-25(33)29-20(12-14-4-2-1-3-5-14)30-23(31)21-15-6-7-16(9-8-15)22(21)24(30)32/h1-7,10-11,13,15-16,20-22H,8-9,12H2,(H2,28,29,33). The second kappa shape index (κ2) is 8.84. The highest BCUT2D eigenvalue weighted by Gasteiger charge is 2.58. The fraction of sp³-hybridized carbons (Fsp3) is 0.320. The van der Waals surface area contributed by atoms with Gasteiger partial charge in [0.15, 0.2) is 0 Å². The molecule has 2 N–H and O–H groups in total. The largest absolute Gasteiger partial charge is 0.320 e. The quantitative estimate of drug-likeness (QED) is 0.469. The lowest BCUT2D eigenvalue weighted by Crippen LogP contribution is -2.53. The summed E-state index contributed by atoms with van der Waals surface area (Å²) in [7, 11) is 0. The molecule has 4 amide bonds. The number of nitrogens with zero attached hydrogens (tertiary/aromatic N) is 1. The van der Waals surface area contributed by atoms with Crippen molar-refractivity contribution in [3.63, 3.8) is 0 Å². The van der Waals surface area contributed by atoms with Crippen molar-refractivity contribution in [1.29, 1.82) is 0 Å². The molecule has 0 radical (unpaired) electrons. The average molecular weight is 484 g/mol. The van der Waals surface area contributed by atoms with Gasteiger partial charge in [-0.2, -0.15) is 0 Å². The predicted molar refractivity (Wildman–Crippen MR) is 127 cm³/mol. The molecular formula is C25H23Cl2N3O3. The van der Waals surface area contributed by atoms with Crippen LogP contribution in [0.1, 0.15) is 18.4 Å². The molecule has 1 aliphatic heterocycles. The van der Waals surface area contributed by atoms with E-state index < -0.39 is 12.2 Å². The molecule has 1 saturated heterocycles. The van der Waals surface area contributed by atoms with Gasteiger partial charge in [-0.3, -0.25) is 14.5 Å². The van der Waals surface area contributed by atoms with Crippen LogP contribution < -0.4 is 10.6 Å². The Hall–Kier alpha value is -2.83. The number of allylic oxidation sites excluding steroid dienone is 2. The van der Waals surface area contributed by atoms with Crippen molar-refractivity contribution in [2.24, 2.45) is 23.7 Å². The number of halogens is 2. The third-order valence-corrected chi connectivity index (χ3v) is 7.40. The third kappa shape index (κ3) is 4.13. The van der Waals surface area contributed by atoms with Crippen LogP contribution in [-0.2, 0) is 16.0 Å². The summed E-state index contributed by atoms with van der Waals surface area (Å²) >= 11 is 12.1. The fourth-order valence-corrected chi connectivity index (χ4v) is 5.80. The summed E-state index contributed by atoms with van der Waals surface area (Å²) < 4.78 is 0. The number of carbonyl (C=O) groups excluding carboxylic acids is 3. The Morgan fingerprint density at radius 3 is 2.18 bits per heavy atom. The Bertz CT molecular complexity index is 1100. The predicted octanol–water partition coefficient (Wildman–Crippen LogP) is 4.88. The molecule has 170 valence electrons. The molecule has 6 rings (SSSR count). The van der Waals surface area contributed by atoms with E-state index in [0.29, 0.717) is 22.2 Å². The lowest BCUT2D eigenvalue weighted by molar-refractivity contribution is -0.143. The van der Waals surface area contributed by atoms with E-state index in [0.717, 1.165) is 18.4 Å². The van der Waals surface area contributed by atoms with Crippen molar-refractivity contribution < 1.29 is 14.4 Å². The maximum atomic E-state index is 13.5. The van der Waals surface area contributed by atoms with Gasteiger partial charge in [0.05, 0.1) is 22.5 Å². The minimum absolute atomic E-state index is 0.0838. The van der Waals surface area contributed by atoms with Crippen LogP contribution in [0.2, 0.25) is 10.0 Å². The number of imide groups is 1. The first-order valence-corrected chi connectivity index (χ1v) is 11.8. The van der Waals surface area contributed by atoms with Crippen molar-refractivity contribution in [2.75, 3.05) is 5.32 Å². The average Bonchev–Trinajstić information content (AvgIpc) is 3.09. The molecule has 4 aliphatic rings. The van der Waals surface area contributed by atoms with Crippen LogP contribution in [-0.4, -0.2) is 28.9 Å². The van der Waals surface area contributed by atoms with Crippen LogP contribution in [0.4, 0.5) is 10.5 Å². The molecule has 5 unspecified atom stereocenters. The first-order valence-electron chi connectivity index (χ1n) is 11.0. The van der Waals surface area contributed by atoms with Gasteiger partial charge < -0.3 is 10.6 Å². The summed E-state index contributed by atoms with van der Waals surface area (Å²) in [5.41, 5.74) is 1.29. The number of rotatable bonds is 5. The molecule has 0 spiro atoms. The van der Waals surface area contributed by atoms with E-state index in [9.17, 15) is 14.4 Å². The molecule has 0 aromatic heterocycles. The molecule has 1 saturated carbocycles. The van der Waals surface area contributed by atoms with Crippen molar-refractivity contribution in [3.05, 3.63) is 76.3 Å². The highest BCUT2D eigenvalue weighted by Crippen LogP contribution is 2.50. The van der Waals surface area contributed by atoms with Crippen molar-refractivity contribution >= 4 is 46.7 Å². The Morgan fingerprint density at radius 1 is 0.970 bits per heavy atom. The number of carbonyl (C=O) groups is 3. The molecule has 2 bridgehead atoms. The van der Waals surface area contributed by atoms with E-state index in [1.54, 1.807) is 12.1 Å². The van der Waals surface area contributed by atoms with E-state index in [4.69, 9.17) is 23.2 Å². The van der Waals surface area contributed by atoms with E-state index in [1.165, 1.54) is 11.0 Å². The molecule has 33 heavy (non-hydrogen) atoms. The summed E-state index contributed by atoms with van der Waals surface area (Å²) in [5, 5.41) is 6.28. The zero-order chi connectivity index (χ0) is 23.1. The summed E-state index contributed by atoms with van der Waals surface area (Å²) in [6.07, 6.45) is 5.49. The molecule has 2 aromatic rings. The summed E-state index contributed by atoms with van der Waals surface area (Å²) in [6.45, 7) is 0. The van der Waals surface area contributed by atoms with E-state index in [-0.39, 0.29) is 35.5 Å². The molecule has 2 aromatic carbocycles. The number of fused-ring (bicyclic) bond motifs is 1. The Kier molecular flexibility index (Phi) is 5.89. The number of hydrogen-bond donors (Lipinski definition) is 2. The van der Waals surface area contributed by atoms with E-state index in [2.05, 4.69) is 22.8 Å². The van der Waals surface area contributed by atoms with Gasteiger partial charge in [-0.05, 0) is 48.4 Å². The number of likely N-dealkylation sites (tertiary alicyclic amines) is 1. The Labute approximate surface area is 201 Å². The number of urea groups is 1. The Morgan fingerprint density at radius 2 is 1.61 bits per heavy atom. The van der Waals surface area contributed by atoms with Gasteiger partial charge in [-0.25, -0.2) is 4.79 Å². The molecule has 3 aliphatic carbocycles. The molecule has 1 heterocycles. The normalized spacial score (nSPS) is 26.3. The van der Waals surface area contributed by atoms with Gasteiger partial charge >= 0.3 is 6.03 Å². The van der Waals surface area contributed by atoms with Crippen LogP contribution in [0.15, 0.2) is 60.7 Å². The van der Waals surface area contributed by atoms with Crippen LogP contribution in [0, 0.1) is 23.7 Å². The van der Waals surface area contributed by atoms with Gasteiger partial charge in [-0.1, -0.05) is 65.7 Å². The van der Waals surface area contributed by atoms with Gasteiger partial charge in [-0.15, -0.1) is 0 Å². The topological polar surface area (TPSA) is 78.5 Å². The van der Waals surface area contributed by atoms with E-state index >= 15 is 0 Å². The molecule has 8 heteroatoms. The highest BCUT2D eigenvalue weighted by atomic mass is 35.5. The molecular weight excluding hydrogens is 461 g/mol. The van der Waals surface area contributed by atoms with Gasteiger partial charge in [0, 0.05) is 11.4 Å². The van der Waals surface area contributed by atoms with Gasteiger partial charge in [0.1, 0.15) is 6.17 Å². The second-order valence-electron chi connectivity index (χ2n) is 8.82. The van der Waals surface area contributed by atoms with Crippen LogP contribution >= 0.6 is 23.2 Å². The summed E-state index contributed by atoms with van der Waals surface area (Å²) in [6, 6.07) is 13.7. The summed E-state index contributed by atoms with van der Waals surface area (Å²) in [4.78, 5) is 41.1. The van der Waals surface area contributed by atoms with Crippen molar-refractivity contribution in [2.45, 2.75) is 25.4 Å². The smallest absolute Gasteiger partial charge is 0.317 e. The fourth-order valence-electron chi connectivity index (χ4n) is 5.35. The zero-order valence-corrected chi connectivity index (χ0v) is 19.2. The number of nitrogens with one attached hydrogen (secondary N) is 2. The molecule has 5 atom stereocenters. The molecule has 2 fully saturated rings. The maximum Gasteiger partial charge on any atom is 0.320 e. The van der Waals surface area contributed by atoms with Crippen LogP contribution in [0.25, 0.3) is 0 Å². The minimum Gasteiger partial charge on any atom is -0.317 e. The third-order valence-electron chi connectivity index (χ3n) is 6.85. The number of hydrogen-bond acceptors (Lipinski definition) is 3. The minimum atomic E-state index is -0.816. The first kappa shape index (κ1) is 22.0. The van der Waals surface area contributed by atoms with Crippen LogP contribution in [0.5, 0.6) is 0 Å². The second-order valence-corrected chi connectivity index (χ2v) is 9.66. The summed E-state index contributed by atoms with van der Waals surface area (Å²) in [5.74, 6) is -0.907. The van der Waals surface area contributed by atoms with E-state index in [1.807, 2.05) is 30.3 Å². The maximum absolute atomic E-state index is 13.5. The SMILES string of the molecule is O=C(Nc1ccc(Cl)cc1Cl)NC(Cc1ccccc1)N1C(=O)C2C3C=CC(CC3)C2C1=O. The zero-order valence-electron chi connectivity index (χ0n) is 17.7. The number of anilines is 1. The first-order chi connectivity index (χ1) is 15.9. The Balaban J connectivity index is 1.41. The van der Waals surface area contributed by atoms with Gasteiger partial charge in [0.2, 0.25) is 11.8 Å².